The maximum absolute atomic E-state index is 11.8. The number of nitrogens with one attached hydrogen (secondary N) is 1. The standard InChI is InChI=1S/C12H11N7O2/c1-2-21-12(20)9-4-3-5-14-11(9)15-7-8(6-13)10-16-18-19-17-10/h3-5,7-8H,2H2,1H3,(H,16,17,18,19). The molecule has 21 heavy (non-hydrogen) atoms. The first kappa shape index (κ1) is 14.3. The van der Waals surface area contributed by atoms with E-state index in [2.05, 4.69) is 30.6 Å². The van der Waals surface area contributed by atoms with E-state index in [-0.39, 0.29) is 23.8 Å². The summed E-state index contributed by atoms with van der Waals surface area (Å²) in [6.45, 7) is 1.96. The Morgan fingerprint density at radius 3 is 3.19 bits per heavy atom. The lowest BCUT2D eigenvalue weighted by atomic mass is 10.2. The van der Waals surface area contributed by atoms with Crippen LogP contribution in [0.3, 0.4) is 0 Å². The zero-order valence-electron chi connectivity index (χ0n) is 11.1. The number of ether oxygens (including phenoxy) is 1. The molecular formula is C12H11N7O2. The van der Waals surface area contributed by atoms with Crippen molar-refractivity contribution in [3.8, 4) is 6.07 Å². The van der Waals surface area contributed by atoms with Crippen LogP contribution in [-0.4, -0.2) is 44.4 Å². The number of aromatic nitrogens is 5. The van der Waals surface area contributed by atoms with Crippen molar-refractivity contribution in [2.75, 3.05) is 6.61 Å². The number of aromatic amines is 1. The number of carbonyl (C=O) groups is 1. The average Bonchev–Trinajstić information content (AvgIpc) is 3.03. The number of esters is 1. The van der Waals surface area contributed by atoms with Crippen LogP contribution < -0.4 is 0 Å². The molecule has 0 aliphatic rings. The zero-order valence-corrected chi connectivity index (χ0v) is 11.1. The van der Waals surface area contributed by atoms with E-state index in [0.29, 0.717) is 0 Å². The minimum Gasteiger partial charge on any atom is -0.462 e. The molecule has 2 aromatic rings. The Bertz CT molecular complexity index is 675. The maximum Gasteiger partial charge on any atom is 0.341 e. The first-order valence-corrected chi connectivity index (χ1v) is 6.05. The summed E-state index contributed by atoms with van der Waals surface area (Å²) < 4.78 is 4.92. The molecule has 0 aliphatic carbocycles. The van der Waals surface area contributed by atoms with Gasteiger partial charge in [-0.2, -0.15) is 10.5 Å². The zero-order chi connectivity index (χ0) is 15.1. The normalized spacial score (nSPS) is 12.0. The van der Waals surface area contributed by atoms with Gasteiger partial charge in [0, 0.05) is 12.4 Å². The Labute approximate surface area is 119 Å². The second kappa shape index (κ2) is 6.85. The first-order chi connectivity index (χ1) is 10.3. The van der Waals surface area contributed by atoms with E-state index in [1.807, 2.05) is 6.07 Å². The molecule has 9 heteroatoms. The van der Waals surface area contributed by atoms with Gasteiger partial charge in [-0.05, 0) is 19.1 Å². The van der Waals surface area contributed by atoms with Crippen LogP contribution in [-0.2, 0) is 4.74 Å². The molecule has 0 amide bonds. The number of nitriles is 1. The van der Waals surface area contributed by atoms with Gasteiger partial charge in [-0.1, -0.05) is 5.21 Å². The second-order valence-corrected chi connectivity index (χ2v) is 3.75. The van der Waals surface area contributed by atoms with Gasteiger partial charge in [-0.15, -0.1) is 10.2 Å². The highest BCUT2D eigenvalue weighted by Gasteiger charge is 2.15. The fourth-order valence-electron chi connectivity index (χ4n) is 1.47. The lowest BCUT2D eigenvalue weighted by molar-refractivity contribution is 0.0527. The van der Waals surface area contributed by atoms with Crippen molar-refractivity contribution in [2.24, 2.45) is 4.99 Å². The van der Waals surface area contributed by atoms with Crippen molar-refractivity contribution < 1.29 is 9.53 Å². The highest BCUT2D eigenvalue weighted by molar-refractivity contribution is 5.94. The quantitative estimate of drug-likeness (QED) is 0.634. The van der Waals surface area contributed by atoms with Gasteiger partial charge in [0.2, 0.25) is 0 Å². The number of aliphatic imine (C=N–C) groups is 1. The van der Waals surface area contributed by atoms with Crippen LogP contribution in [0.2, 0.25) is 0 Å². The fraction of sp³-hybridized carbons (Fsp3) is 0.250. The lowest BCUT2D eigenvalue weighted by Gasteiger charge is -2.04. The monoisotopic (exact) mass is 285 g/mol. The van der Waals surface area contributed by atoms with Crippen LogP contribution in [0.1, 0.15) is 29.0 Å². The van der Waals surface area contributed by atoms with Gasteiger partial charge in [-0.25, -0.2) is 14.8 Å². The molecule has 0 fully saturated rings. The van der Waals surface area contributed by atoms with Crippen molar-refractivity contribution in [1.82, 2.24) is 25.6 Å². The van der Waals surface area contributed by atoms with Gasteiger partial charge in [-0.3, -0.25) is 0 Å². The van der Waals surface area contributed by atoms with Crippen LogP contribution in [0.4, 0.5) is 5.82 Å². The summed E-state index contributed by atoms with van der Waals surface area (Å²) >= 11 is 0. The predicted molar refractivity (Wildman–Crippen MR) is 70.9 cm³/mol. The number of rotatable bonds is 5. The Hall–Kier alpha value is -3.15. The lowest BCUT2D eigenvalue weighted by Crippen LogP contribution is -2.06. The number of hydrogen-bond acceptors (Lipinski definition) is 8. The highest BCUT2D eigenvalue weighted by atomic mass is 16.5. The van der Waals surface area contributed by atoms with E-state index >= 15 is 0 Å². The molecule has 2 rings (SSSR count). The molecule has 0 radical (unpaired) electrons. The van der Waals surface area contributed by atoms with E-state index in [9.17, 15) is 4.79 Å². The molecule has 0 bridgehead atoms. The average molecular weight is 285 g/mol. The van der Waals surface area contributed by atoms with Crippen molar-refractivity contribution >= 4 is 18.0 Å². The molecule has 0 saturated heterocycles. The molecule has 9 nitrogen and oxygen atoms in total. The summed E-state index contributed by atoms with van der Waals surface area (Å²) in [7, 11) is 0. The van der Waals surface area contributed by atoms with Crippen LogP contribution in [0.5, 0.6) is 0 Å². The number of hydrogen-bond donors (Lipinski definition) is 1. The third-order valence-corrected chi connectivity index (χ3v) is 2.41. The summed E-state index contributed by atoms with van der Waals surface area (Å²) in [5.41, 5.74) is 0.223. The number of nitrogens with zero attached hydrogens (tertiary/aromatic N) is 6. The molecule has 0 spiro atoms. The molecular weight excluding hydrogens is 274 g/mol. The van der Waals surface area contributed by atoms with Crippen molar-refractivity contribution in [3.63, 3.8) is 0 Å². The molecule has 1 atom stereocenters. The van der Waals surface area contributed by atoms with Gasteiger partial charge in [0.25, 0.3) is 0 Å². The summed E-state index contributed by atoms with van der Waals surface area (Å²) in [5, 5.41) is 22.1. The van der Waals surface area contributed by atoms with E-state index < -0.39 is 11.9 Å². The molecule has 2 aromatic heterocycles. The van der Waals surface area contributed by atoms with Crippen molar-refractivity contribution in [3.05, 3.63) is 29.7 Å². The van der Waals surface area contributed by atoms with E-state index in [1.54, 1.807) is 19.1 Å². The molecule has 1 unspecified atom stereocenters. The minimum absolute atomic E-state index is 0.166. The first-order valence-electron chi connectivity index (χ1n) is 6.05. The number of pyridine rings is 1. The Morgan fingerprint density at radius 2 is 2.52 bits per heavy atom. The van der Waals surface area contributed by atoms with Crippen molar-refractivity contribution in [1.29, 1.82) is 5.26 Å². The van der Waals surface area contributed by atoms with Crippen LogP contribution in [0, 0.1) is 11.3 Å². The molecule has 2 heterocycles. The summed E-state index contributed by atoms with van der Waals surface area (Å²) in [6.07, 6.45) is 2.79. The molecule has 0 aromatic carbocycles. The van der Waals surface area contributed by atoms with Gasteiger partial charge in [0.15, 0.2) is 11.6 Å². The highest BCUT2D eigenvalue weighted by Crippen LogP contribution is 2.17. The second-order valence-electron chi connectivity index (χ2n) is 3.75. The Kier molecular flexibility index (Phi) is 4.66. The van der Waals surface area contributed by atoms with E-state index in [1.165, 1.54) is 12.4 Å². The van der Waals surface area contributed by atoms with Gasteiger partial charge < -0.3 is 4.74 Å². The maximum atomic E-state index is 11.8. The van der Waals surface area contributed by atoms with Crippen molar-refractivity contribution in [2.45, 2.75) is 12.8 Å². The third-order valence-electron chi connectivity index (χ3n) is 2.41. The summed E-state index contributed by atoms with van der Waals surface area (Å²) in [4.78, 5) is 19.8. The smallest absolute Gasteiger partial charge is 0.341 e. The molecule has 1 N–H and O–H groups in total. The van der Waals surface area contributed by atoms with E-state index in [4.69, 9.17) is 10.00 Å². The van der Waals surface area contributed by atoms with E-state index in [0.717, 1.165) is 0 Å². The van der Waals surface area contributed by atoms with Crippen LogP contribution >= 0.6 is 0 Å². The van der Waals surface area contributed by atoms with Crippen LogP contribution in [0.15, 0.2) is 23.3 Å². The number of carbonyl (C=O) groups excluding carboxylic acids is 1. The number of H-pyrrole nitrogens is 1. The fourth-order valence-corrected chi connectivity index (χ4v) is 1.47. The summed E-state index contributed by atoms with van der Waals surface area (Å²) in [5.74, 6) is -0.957. The predicted octanol–water partition coefficient (Wildman–Crippen LogP) is 0.781. The molecule has 106 valence electrons. The Balaban J connectivity index is 2.25. The van der Waals surface area contributed by atoms with Crippen LogP contribution in [0.25, 0.3) is 0 Å². The Morgan fingerprint density at radius 1 is 1.67 bits per heavy atom. The molecule has 0 aliphatic heterocycles. The minimum atomic E-state index is -0.791. The SMILES string of the molecule is CCOC(=O)c1cccnc1N=CC(C#N)c1nn[nH]n1. The summed E-state index contributed by atoms with van der Waals surface area (Å²) in [6, 6.07) is 5.12. The topological polar surface area (TPSA) is 130 Å². The van der Waals surface area contributed by atoms with Gasteiger partial charge in [0.05, 0.1) is 12.7 Å². The van der Waals surface area contributed by atoms with Gasteiger partial charge in [0.1, 0.15) is 11.5 Å². The third kappa shape index (κ3) is 3.44. The number of tetrazole rings is 1. The van der Waals surface area contributed by atoms with Gasteiger partial charge >= 0.3 is 5.97 Å². The molecule has 0 saturated carbocycles. The largest absolute Gasteiger partial charge is 0.462 e.